The van der Waals surface area contributed by atoms with E-state index in [1.54, 1.807) is 0 Å². The van der Waals surface area contributed by atoms with Crippen LogP contribution in [0.5, 0.6) is 0 Å². The number of unbranched alkanes of at least 4 members (excludes halogenated alkanes) is 1. The fourth-order valence-electron chi connectivity index (χ4n) is 2.51. The molecule has 4 nitrogen and oxygen atoms in total. The van der Waals surface area contributed by atoms with Gasteiger partial charge in [-0.05, 0) is 31.4 Å². The predicted molar refractivity (Wildman–Crippen MR) is 81.8 cm³/mol. The zero-order valence-electron chi connectivity index (χ0n) is 12.1. The van der Waals surface area contributed by atoms with Gasteiger partial charge in [-0.25, -0.2) is 0 Å². The lowest BCUT2D eigenvalue weighted by Crippen LogP contribution is -2.41. The zero-order chi connectivity index (χ0) is 14.2. The molecular weight excluding hydrogens is 250 g/mol. The van der Waals surface area contributed by atoms with E-state index in [1.165, 1.54) is 5.56 Å². The maximum Gasteiger partial charge on any atom is 0.0983 e. The van der Waals surface area contributed by atoms with Crippen LogP contribution in [0.2, 0.25) is 0 Å². The number of hydrogen-bond donors (Lipinski definition) is 2. The molecular formula is C16H25N3O. The highest BCUT2D eigenvalue weighted by molar-refractivity contribution is 5.80. The first-order valence-electron chi connectivity index (χ1n) is 7.47. The van der Waals surface area contributed by atoms with E-state index in [-0.39, 0.29) is 6.10 Å². The summed E-state index contributed by atoms with van der Waals surface area (Å²) in [6.45, 7) is 3.28. The van der Waals surface area contributed by atoms with Crippen molar-refractivity contribution in [2.75, 3.05) is 19.6 Å². The van der Waals surface area contributed by atoms with E-state index < -0.39 is 0 Å². The van der Waals surface area contributed by atoms with Gasteiger partial charge in [0.1, 0.15) is 0 Å². The molecule has 1 aliphatic rings. The maximum absolute atomic E-state index is 8.11. The van der Waals surface area contributed by atoms with Crippen molar-refractivity contribution in [2.24, 2.45) is 5.73 Å². The lowest BCUT2D eigenvalue weighted by molar-refractivity contribution is 0.0257. The summed E-state index contributed by atoms with van der Waals surface area (Å²) >= 11 is 0. The summed E-state index contributed by atoms with van der Waals surface area (Å²) in [7, 11) is 0. The normalized spacial score (nSPS) is 19.4. The average molecular weight is 275 g/mol. The number of nitrogens with two attached hydrogens (primary N) is 1. The van der Waals surface area contributed by atoms with Crippen LogP contribution in [0.15, 0.2) is 30.3 Å². The number of piperidine rings is 1. The Balaban J connectivity index is 1.71. The van der Waals surface area contributed by atoms with Gasteiger partial charge in [0, 0.05) is 19.5 Å². The lowest BCUT2D eigenvalue weighted by Gasteiger charge is -2.34. The molecule has 0 saturated carbocycles. The largest absolute Gasteiger partial charge is 0.373 e. The van der Waals surface area contributed by atoms with Gasteiger partial charge in [-0.15, -0.1) is 0 Å². The number of ether oxygens (including phenoxy) is 1. The number of nitrogens with zero attached hydrogens (tertiary/aromatic N) is 1. The monoisotopic (exact) mass is 275 g/mol. The van der Waals surface area contributed by atoms with Crippen molar-refractivity contribution in [3.05, 3.63) is 35.9 Å². The second-order valence-corrected chi connectivity index (χ2v) is 5.34. The van der Waals surface area contributed by atoms with Gasteiger partial charge in [-0.2, -0.15) is 0 Å². The lowest BCUT2D eigenvalue weighted by atomic mass is 10.1. The molecule has 1 heterocycles. The molecule has 0 aromatic heterocycles. The minimum atomic E-state index is 0.188. The van der Waals surface area contributed by atoms with Crippen molar-refractivity contribution in [3.63, 3.8) is 0 Å². The van der Waals surface area contributed by atoms with Crippen LogP contribution in [0.1, 0.15) is 31.2 Å². The highest BCUT2D eigenvalue weighted by Gasteiger charge is 2.23. The van der Waals surface area contributed by atoms with Crippen molar-refractivity contribution >= 4 is 5.84 Å². The molecule has 4 heteroatoms. The molecule has 0 bridgehead atoms. The molecule has 1 unspecified atom stereocenters. The van der Waals surface area contributed by atoms with Crippen molar-refractivity contribution < 1.29 is 4.74 Å². The van der Waals surface area contributed by atoms with Crippen LogP contribution >= 0.6 is 0 Å². The fourth-order valence-corrected chi connectivity index (χ4v) is 2.51. The highest BCUT2D eigenvalue weighted by Crippen LogP contribution is 2.17. The zero-order valence-corrected chi connectivity index (χ0v) is 12.1. The number of benzene rings is 1. The summed E-state index contributed by atoms with van der Waals surface area (Å²) in [6.07, 6.45) is 4.05. The summed E-state index contributed by atoms with van der Waals surface area (Å²) < 4.78 is 5.93. The van der Waals surface area contributed by atoms with Gasteiger partial charge >= 0.3 is 0 Å². The molecule has 1 aliphatic heterocycles. The van der Waals surface area contributed by atoms with E-state index >= 15 is 0 Å². The van der Waals surface area contributed by atoms with Crippen molar-refractivity contribution in [1.82, 2.24) is 4.90 Å². The molecule has 1 aromatic rings. The molecule has 20 heavy (non-hydrogen) atoms. The first-order chi connectivity index (χ1) is 9.79. The minimum absolute atomic E-state index is 0.188. The smallest absolute Gasteiger partial charge is 0.0983 e. The SMILES string of the molecule is N=C1CC(OCc2ccccc2)CCN1CCCCN. The Hall–Kier alpha value is -1.39. The van der Waals surface area contributed by atoms with Gasteiger partial charge in [0.2, 0.25) is 0 Å². The van der Waals surface area contributed by atoms with Crippen molar-refractivity contribution in [3.8, 4) is 0 Å². The third-order valence-electron chi connectivity index (χ3n) is 3.73. The number of nitrogens with one attached hydrogen (secondary N) is 1. The Labute approximate surface area is 121 Å². The number of amidine groups is 1. The van der Waals surface area contributed by atoms with Gasteiger partial charge in [0.25, 0.3) is 0 Å². The molecule has 1 aromatic carbocycles. The second-order valence-electron chi connectivity index (χ2n) is 5.34. The van der Waals surface area contributed by atoms with E-state index in [9.17, 15) is 0 Å². The molecule has 0 spiro atoms. The van der Waals surface area contributed by atoms with E-state index in [2.05, 4.69) is 17.0 Å². The van der Waals surface area contributed by atoms with E-state index in [0.717, 1.165) is 45.3 Å². The molecule has 0 aliphatic carbocycles. The highest BCUT2D eigenvalue weighted by atomic mass is 16.5. The number of hydrogen-bond acceptors (Lipinski definition) is 3. The molecule has 0 amide bonds. The van der Waals surface area contributed by atoms with E-state index in [0.29, 0.717) is 12.4 Å². The Bertz CT molecular complexity index is 407. The average Bonchev–Trinajstić information content (AvgIpc) is 2.48. The first kappa shape index (κ1) is 15.0. The van der Waals surface area contributed by atoms with Crippen molar-refractivity contribution in [2.45, 2.75) is 38.4 Å². The Morgan fingerprint density at radius 3 is 2.75 bits per heavy atom. The Morgan fingerprint density at radius 1 is 1.25 bits per heavy atom. The summed E-state index contributed by atoms with van der Waals surface area (Å²) in [4.78, 5) is 2.16. The van der Waals surface area contributed by atoms with Gasteiger partial charge in [-0.3, -0.25) is 5.41 Å². The summed E-state index contributed by atoms with van der Waals surface area (Å²) in [6, 6.07) is 10.2. The standard InChI is InChI=1S/C16H25N3O/c17-9-4-5-10-19-11-8-15(12-16(19)18)20-13-14-6-2-1-3-7-14/h1-3,6-7,15,18H,4-5,8-13,17H2. The molecule has 1 atom stereocenters. The first-order valence-corrected chi connectivity index (χ1v) is 7.47. The molecule has 1 saturated heterocycles. The summed E-state index contributed by atoms with van der Waals surface area (Å²) in [5, 5.41) is 8.11. The topological polar surface area (TPSA) is 62.3 Å². The van der Waals surface area contributed by atoms with Crippen LogP contribution in [0.25, 0.3) is 0 Å². The van der Waals surface area contributed by atoms with Crippen LogP contribution in [0, 0.1) is 5.41 Å². The van der Waals surface area contributed by atoms with Gasteiger partial charge in [0.05, 0.1) is 18.5 Å². The summed E-state index contributed by atoms with van der Waals surface area (Å²) in [5.41, 5.74) is 6.70. The fraction of sp³-hybridized carbons (Fsp3) is 0.562. The third-order valence-corrected chi connectivity index (χ3v) is 3.73. The van der Waals surface area contributed by atoms with Crippen LogP contribution in [0.3, 0.4) is 0 Å². The van der Waals surface area contributed by atoms with Crippen LogP contribution in [-0.4, -0.2) is 36.5 Å². The second kappa shape index (κ2) is 8.02. The maximum atomic E-state index is 8.11. The van der Waals surface area contributed by atoms with Crippen molar-refractivity contribution in [1.29, 1.82) is 5.41 Å². The molecule has 1 fully saturated rings. The predicted octanol–water partition coefficient (Wildman–Crippen LogP) is 2.38. The van der Waals surface area contributed by atoms with Crippen LogP contribution in [-0.2, 0) is 11.3 Å². The van der Waals surface area contributed by atoms with Gasteiger partial charge < -0.3 is 15.4 Å². The molecule has 3 N–H and O–H groups in total. The van der Waals surface area contributed by atoms with Gasteiger partial charge in [-0.1, -0.05) is 30.3 Å². The van der Waals surface area contributed by atoms with E-state index in [1.807, 2.05) is 18.2 Å². The Morgan fingerprint density at radius 2 is 2.05 bits per heavy atom. The van der Waals surface area contributed by atoms with E-state index in [4.69, 9.17) is 15.9 Å². The Kier molecular flexibility index (Phi) is 6.02. The third kappa shape index (κ3) is 4.62. The van der Waals surface area contributed by atoms with Crippen LogP contribution < -0.4 is 5.73 Å². The summed E-state index contributed by atoms with van der Waals surface area (Å²) in [5.74, 6) is 0.714. The number of rotatable bonds is 7. The molecule has 110 valence electrons. The number of likely N-dealkylation sites (tertiary alicyclic amines) is 1. The minimum Gasteiger partial charge on any atom is -0.373 e. The van der Waals surface area contributed by atoms with Gasteiger partial charge in [0.15, 0.2) is 0 Å². The van der Waals surface area contributed by atoms with Crippen LogP contribution in [0.4, 0.5) is 0 Å². The molecule has 2 rings (SSSR count). The quantitative estimate of drug-likeness (QED) is 0.751. The molecule has 0 radical (unpaired) electrons.